The monoisotopic (exact) mass is 590 g/mol. The molecule has 0 saturated carbocycles. The van der Waals surface area contributed by atoms with Crippen molar-refractivity contribution in [2.24, 2.45) is 0 Å². The number of fused-ring (bicyclic) bond motifs is 10. The lowest BCUT2D eigenvalue weighted by atomic mass is 10.0. The minimum absolute atomic E-state index is 1.17. The second kappa shape index (κ2) is 9.43. The lowest BCUT2D eigenvalue weighted by Gasteiger charge is -2.11. The van der Waals surface area contributed by atoms with Crippen LogP contribution in [-0.4, -0.2) is 9.13 Å². The average molecular weight is 591 g/mol. The fourth-order valence-corrected chi connectivity index (χ4v) is 8.59. The highest BCUT2D eigenvalue weighted by Crippen LogP contribution is 2.44. The molecule has 0 amide bonds. The number of nitrogens with zero attached hydrogens (tertiary/aromatic N) is 2. The number of hydrogen-bond donors (Lipinski definition) is 0. The Morgan fingerprint density at radius 1 is 0.356 bits per heavy atom. The molecule has 0 aliphatic heterocycles. The van der Waals surface area contributed by atoms with Crippen molar-refractivity contribution >= 4 is 75.1 Å². The van der Waals surface area contributed by atoms with Gasteiger partial charge in [0.05, 0.1) is 22.1 Å². The summed E-state index contributed by atoms with van der Waals surface area (Å²) in [6, 6.07) is 57.6. The second-order valence-electron chi connectivity index (χ2n) is 11.8. The van der Waals surface area contributed by atoms with E-state index in [9.17, 15) is 0 Å². The molecule has 2 nitrogen and oxygen atoms in total. The van der Waals surface area contributed by atoms with Gasteiger partial charge in [0.2, 0.25) is 0 Å². The molecule has 3 aromatic heterocycles. The van der Waals surface area contributed by atoms with Crippen LogP contribution in [0.25, 0.3) is 86.3 Å². The predicted octanol–water partition coefficient (Wildman–Crippen LogP) is 11.9. The zero-order chi connectivity index (χ0) is 29.5. The van der Waals surface area contributed by atoms with Gasteiger partial charge in [0.25, 0.3) is 0 Å². The first kappa shape index (κ1) is 24.8. The molecule has 10 aromatic rings. The number of rotatable bonds is 3. The first-order valence-corrected chi connectivity index (χ1v) is 16.2. The zero-order valence-electron chi connectivity index (χ0n) is 24.3. The van der Waals surface area contributed by atoms with Crippen LogP contribution in [-0.2, 0) is 0 Å². The van der Waals surface area contributed by atoms with Crippen LogP contribution in [0.15, 0.2) is 158 Å². The summed E-state index contributed by atoms with van der Waals surface area (Å²) in [6.07, 6.45) is 0. The molecular formula is C42H26N2S. The van der Waals surface area contributed by atoms with Gasteiger partial charge in [-0.25, -0.2) is 0 Å². The molecular weight excluding hydrogens is 565 g/mol. The molecule has 0 saturated heterocycles. The lowest BCUT2D eigenvalue weighted by molar-refractivity contribution is 1.17. The van der Waals surface area contributed by atoms with Gasteiger partial charge in [0.1, 0.15) is 0 Å². The molecule has 0 radical (unpaired) electrons. The van der Waals surface area contributed by atoms with E-state index in [1.54, 1.807) is 0 Å². The van der Waals surface area contributed by atoms with Crippen molar-refractivity contribution in [1.82, 2.24) is 9.13 Å². The fraction of sp³-hybridized carbons (Fsp3) is 0. The minimum atomic E-state index is 1.17. The van der Waals surface area contributed by atoms with Crippen LogP contribution in [0, 0.1) is 0 Å². The number of benzene rings is 7. The Kier molecular flexibility index (Phi) is 5.19. The second-order valence-corrected chi connectivity index (χ2v) is 12.8. The quantitative estimate of drug-likeness (QED) is 0.194. The zero-order valence-corrected chi connectivity index (χ0v) is 25.1. The van der Waals surface area contributed by atoms with Crippen LogP contribution in [0.5, 0.6) is 0 Å². The Balaban J connectivity index is 1.32. The molecule has 3 heterocycles. The number of thiophene rings is 1. The van der Waals surface area contributed by atoms with Crippen molar-refractivity contribution in [2.45, 2.75) is 0 Å². The van der Waals surface area contributed by atoms with Crippen molar-refractivity contribution in [3.05, 3.63) is 158 Å². The highest BCUT2D eigenvalue weighted by molar-refractivity contribution is 7.26. The molecule has 7 aromatic carbocycles. The summed E-state index contributed by atoms with van der Waals surface area (Å²) >= 11 is 1.90. The van der Waals surface area contributed by atoms with Crippen LogP contribution in [0.3, 0.4) is 0 Å². The summed E-state index contributed by atoms with van der Waals surface area (Å²) in [7, 11) is 0. The Morgan fingerprint density at radius 3 is 1.89 bits per heavy atom. The van der Waals surface area contributed by atoms with Crippen molar-refractivity contribution < 1.29 is 0 Å². The van der Waals surface area contributed by atoms with Gasteiger partial charge in [-0.05, 0) is 65.7 Å². The van der Waals surface area contributed by atoms with E-state index < -0.39 is 0 Å². The average Bonchev–Trinajstić information content (AvgIpc) is 3.76. The Hall–Kier alpha value is -5.64. The summed E-state index contributed by atoms with van der Waals surface area (Å²) < 4.78 is 7.55. The third-order valence-corrected chi connectivity index (χ3v) is 10.5. The summed E-state index contributed by atoms with van der Waals surface area (Å²) in [4.78, 5) is 0. The summed E-state index contributed by atoms with van der Waals surface area (Å²) in [5.41, 5.74) is 9.69. The van der Waals surface area contributed by atoms with E-state index in [4.69, 9.17) is 0 Å². The van der Waals surface area contributed by atoms with E-state index in [1.165, 1.54) is 86.3 Å². The number of para-hydroxylation sites is 2. The normalized spacial score (nSPS) is 12.0. The van der Waals surface area contributed by atoms with Crippen molar-refractivity contribution in [3.63, 3.8) is 0 Å². The molecule has 45 heavy (non-hydrogen) atoms. The molecule has 0 atom stereocenters. The highest BCUT2D eigenvalue weighted by atomic mass is 32.1. The van der Waals surface area contributed by atoms with Crippen molar-refractivity contribution in [1.29, 1.82) is 0 Å². The number of aromatic nitrogens is 2. The highest BCUT2D eigenvalue weighted by Gasteiger charge is 2.20. The molecule has 0 bridgehead atoms. The van der Waals surface area contributed by atoms with E-state index in [0.29, 0.717) is 0 Å². The van der Waals surface area contributed by atoms with Gasteiger partial charge in [-0.3, -0.25) is 0 Å². The molecule has 0 spiro atoms. The van der Waals surface area contributed by atoms with E-state index >= 15 is 0 Å². The Labute approximate surface area is 263 Å². The molecule has 0 aliphatic rings. The smallest absolute Gasteiger partial charge is 0.0555 e. The Morgan fingerprint density at radius 2 is 1.02 bits per heavy atom. The third kappa shape index (κ3) is 3.56. The summed E-state index contributed by atoms with van der Waals surface area (Å²) in [6.45, 7) is 0. The molecule has 210 valence electrons. The fourth-order valence-electron chi connectivity index (χ4n) is 7.33. The van der Waals surface area contributed by atoms with Crippen LogP contribution >= 0.6 is 11.3 Å². The largest absolute Gasteiger partial charge is 0.309 e. The molecule has 0 N–H and O–H groups in total. The van der Waals surface area contributed by atoms with Crippen LogP contribution in [0.4, 0.5) is 0 Å². The maximum absolute atomic E-state index is 2.48. The first-order valence-electron chi connectivity index (χ1n) is 15.4. The Bertz CT molecular complexity index is 2740. The predicted molar refractivity (Wildman–Crippen MR) is 193 cm³/mol. The van der Waals surface area contributed by atoms with Crippen LogP contribution < -0.4 is 0 Å². The van der Waals surface area contributed by atoms with Gasteiger partial charge >= 0.3 is 0 Å². The topological polar surface area (TPSA) is 9.86 Å². The minimum Gasteiger partial charge on any atom is -0.309 e. The summed E-state index contributed by atoms with van der Waals surface area (Å²) in [5, 5.41) is 7.79. The SMILES string of the molecule is c1ccc(-c2ccc3c4c5sc6ccccc6c5ccc4n(-c4ccc5c(c4)c4ccccc4n5-c4ccccc4)c3c2)cc1. The van der Waals surface area contributed by atoms with Gasteiger partial charge in [-0.1, -0.05) is 103 Å². The van der Waals surface area contributed by atoms with E-state index in [2.05, 4.69) is 167 Å². The van der Waals surface area contributed by atoms with Gasteiger partial charge in [0.15, 0.2) is 0 Å². The lowest BCUT2D eigenvalue weighted by Crippen LogP contribution is -1.95. The molecule has 3 heteroatoms. The van der Waals surface area contributed by atoms with Gasteiger partial charge < -0.3 is 9.13 Å². The molecule has 10 rings (SSSR count). The van der Waals surface area contributed by atoms with E-state index in [0.717, 1.165) is 0 Å². The summed E-state index contributed by atoms with van der Waals surface area (Å²) in [5.74, 6) is 0. The maximum Gasteiger partial charge on any atom is 0.0555 e. The standard InChI is InChI=1S/C42H26N2S/c1-3-11-27(12-4-1)28-19-21-34-39(25-28)44(38-24-22-33-32-16-8-10-18-40(32)45-42(33)41(34)38)30-20-23-37-35(26-30)31-15-7-9-17-36(31)43(37)29-13-5-2-6-14-29/h1-26H. The maximum atomic E-state index is 2.48. The van der Waals surface area contributed by atoms with E-state index in [-0.39, 0.29) is 0 Å². The first-order chi connectivity index (χ1) is 22.3. The van der Waals surface area contributed by atoms with Crippen LogP contribution in [0.2, 0.25) is 0 Å². The number of hydrogen-bond acceptors (Lipinski definition) is 1. The van der Waals surface area contributed by atoms with E-state index in [1.807, 2.05) is 11.3 Å². The van der Waals surface area contributed by atoms with Gasteiger partial charge in [-0.15, -0.1) is 11.3 Å². The van der Waals surface area contributed by atoms with Crippen molar-refractivity contribution in [2.75, 3.05) is 0 Å². The molecule has 0 aliphatic carbocycles. The van der Waals surface area contributed by atoms with Crippen molar-refractivity contribution in [3.8, 4) is 22.5 Å². The van der Waals surface area contributed by atoms with Gasteiger partial charge in [0, 0.05) is 53.1 Å². The molecule has 0 fully saturated rings. The van der Waals surface area contributed by atoms with Crippen LogP contribution in [0.1, 0.15) is 0 Å². The van der Waals surface area contributed by atoms with Gasteiger partial charge in [-0.2, -0.15) is 0 Å². The molecule has 0 unspecified atom stereocenters. The third-order valence-electron chi connectivity index (χ3n) is 9.31.